The molecule has 0 atom stereocenters. The summed E-state index contributed by atoms with van der Waals surface area (Å²) in [5, 5.41) is 9.18. The maximum Gasteiger partial charge on any atom is 0.303 e. The highest BCUT2D eigenvalue weighted by Crippen LogP contribution is 2.31. The number of imidazole rings is 1. The highest BCUT2D eigenvalue weighted by Gasteiger charge is 2.18. The first-order valence-corrected chi connectivity index (χ1v) is 10.2. The normalized spacial score (nSPS) is 11.0. The number of aryl methyl sites for hydroxylation is 1. The topological polar surface area (TPSA) is 129 Å². The van der Waals surface area contributed by atoms with Crippen molar-refractivity contribution in [1.82, 2.24) is 14.1 Å². The molecule has 0 spiro atoms. The zero-order valence-corrected chi connectivity index (χ0v) is 17.6. The number of carboxylic acid groups (broad SMARTS) is 1. The number of rotatable bonds is 8. The van der Waals surface area contributed by atoms with Crippen LogP contribution in [0.4, 0.5) is 4.39 Å². The Labute approximate surface area is 188 Å². The maximum absolute atomic E-state index is 15.0. The van der Waals surface area contributed by atoms with Crippen molar-refractivity contribution in [1.29, 1.82) is 0 Å². The Balaban J connectivity index is 1.86. The molecule has 33 heavy (non-hydrogen) atoms. The molecular weight excluding hydrogens is 425 g/mol. The SMILES string of the molecule is NCc1cc(C(N)=O)ccc1-n1c(CCC(=O)O)ccc1-c1ccc(-n2ccnc2)c(F)c1. The number of hydrogen-bond acceptors (Lipinski definition) is 4. The third kappa shape index (κ3) is 4.39. The smallest absolute Gasteiger partial charge is 0.303 e. The van der Waals surface area contributed by atoms with Gasteiger partial charge in [-0.25, -0.2) is 9.37 Å². The molecule has 0 unspecified atom stereocenters. The predicted molar refractivity (Wildman–Crippen MR) is 121 cm³/mol. The van der Waals surface area contributed by atoms with E-state index in [1.165, 1.54) is 12.4 Å². The molecule has 1 amide bonds. The monoisotopic (exact) mass is 447 g/mol. The molecule has 2 aromatic carbocycles. The van der Waals surface area contributed by atoms with Crippen molar-refractivity contribution in [3.05, 3.63) is 89.9 Å². The summed E-state index contributed by atoms with van der Waals surface area (Å²) in [5.41, 5.74) is 15.3. The Morgan fingerprint density at radius 2 is 1.85 bits per heavy atom. The van der Waals surface area contributed by atoms with E-state index in [-0.39, 0.29) is 19.4 Å². The largest absolute Gasteiger partial charge is 0.481 e. The van der Waals surface area contributed by atoms with Crippen LogP contribution >= 0.6 is 0 Å². The Morgan fingerprint density at radius 1 is 1.06 bits per heavy atom. The number of amides is 1. The molecule has 0 radical (unpaired) electrons. The molecule has 2 aromatic heterocycles. The van der Waals surface area contributed by atoms with Crippen molar-refractivity contribution < 1.29 is 19.1 Å². The van der Waals surface area contributed by atoms with Crippen LogP contribution in [0.5, 0.6) is 0 Å². The maximum atomic E-state index is 15.0. The molecule has 5 N–H and O–H groups in total. The molecule has 0 saturated carbocycles. The van der Waals surface area contributed by atoms with Crippen LogP contribution < -0.4 is 11.5 Å². The number of benzene rings is 2. The fourth-order valence-electron chi connectivity index (χ4n) is 3.82. The lowest BCUT2D eigenvalue weighted by molar-refractivity contribution is -0.136. The van der Waals surface area contributed by atoms with Gasteiger partial charge in [-0.05, 0) is 54.4 Å². The number of carbonyl (C=O) groups excluding carboxylic acids is 1. The van der Waals surface area contributed by atoms with Gasteiger partial charge < -0.3 is 25.7 Å². The summed E-state index contributed by atoms with van der Waals surface area (Å²) in [5.74, 6) is -1.94. The minimum atomic E-state index is -0.928. The van der Waals surface area contributed by atoms with Crippen molar-refractivity contribution in [2.24, 2.45) is 11.5 Å². The zero-order valence-electron chi connectivity index (χ0n) is 17.6. The Bertz CT molecular complexity index is 1330. The molecule has 8 nitrogen and oxygen atoms in total. The number of aromatic nitrogens is 3. The predicted octanol–water partition coefficient (Wildman–Crippen LogP) is 3.04. The van der Waals surface area contributed by atoms with Gasteiger partial charge in [-0.2, -0.15) is 0 Å². The van der Waals surface area contributed by atoms with Crippen LogP contribution in [0.15, 0.2) is 67.3 Å². The van der Waals surface area contributed by atoms with E-state index in [0.717, 1.165) is 0 Å². The van der Waals surface area contributed by atoms with Crippen LogP contribution in [0, 0.1) is 5.82 Å². The van der Waals surface area contributed by atoms with Gasteiger partial charge >= 0.3 is 5.97 Å². The van der Waals surface area contributed by atoms with Gasteiger partial charge in [-0.15, -0.1) is 0 Å². The Kier molecular flexibility index (Phi) is 6.05. The lowest BCUT2D eigenvalue weighted by atomic mass is 10.1. The van der Waals surface area contributed by atoms with Crippen molar-refractivity contribution in [3.63, 3.8) is 0 Å². The van der Waals surface area contributed by atoms with Crippen molar-refractivity contribution in [3.8, 4) is 22.6 Å². The molecule has 0 bridgehead atoms. The minimum Gasteiger partial charge on any atom is -0.481 e. The number of aliphatic carboxylic acids is 1. The first-order valence-electron chi connectivity index (χ1n) is 10.2. The number of primary amides is 1. The van der Waals surface area contributed by atoms with Crippen LogP contribution in [-0.2, 0) is 17.8 Å². The fraction of sp³-hybridized carbons (Fsp3) is 0.125. The molecule has 0 aliphatic rings. The number of hydrogen-bond donors (Lipinski definition) is 3. The minimum absolute atomic E-state index is 0.0747. The van der Waals surface area contributed by atoms with Crippen molar-refractivity contribution in [2.45, 2.75) is 19.4 Å². The first kappa shape index (κ1) is 22.0. The number of halogens is 1. The molecule has 9 heteroatoms. The van der Waals surface area contributed by atoms with E-state index in [4.69, 9.17) is 11.5 Å². The summed E-state index contributed by atoms with van der Waals surface area (Å²) in [7, 11) is 0. The lowest BCUT2D eigenvalue weighted by Gasteiger charge is -2.18. The summed E-state index contributed by atoms with van der Waals surface area (Å²) in [6.45, 7) is 0.125. The van der Waals surface area contributed by atoms with Crippen LogP contribution in [0.3, 0.4) is 0 Å². The fourth-order valence-corrected chi connectivity index (χ4v) is 3.82. The standard InChI is InChI=1S/C24H22FN5O3/c25-19-12-15(1-6-22(19)29-10-9-28-14-29)20-7-3-18(4-8-23(31)32)30(20)21-5-2-16(24(27)33)11-17(21)13-26/h1-3,5-7,9-12,14H,4,8,13,26H2,(H2,27,33)(H,31,32). The Hall–Kier alpha value is -4.24. The molecule has 2 heterocycles. The van der Waals surface area contributed by atoms with E-state index >= 15 is 0 Å². The van der Waals surface area contributed by atoms with Gasteiger partial charge in [0.15, 0.2) is 0 Å². The van der Waals surface area contributed by atoms with Gasteiger partial charge in [-0.1, -0.05) is 6.07 Å². The van der Waals surface area contributed by atoms with Crippen LogP contribution in [0.2, 0.25) is 0 Å². The highest BCUT2D eigenvalue weighted by molar-refractivity contribution is 5.93. The van der Waals surface area contributed by atoms with Gasteiger partial charge in [0.1, 0.15) is 5.82 Å². The van der Waals surface area contributed by atoms with Gasteiger partial charge in [-0.3, -0.25) is 9.59 Å². The second-order valence-corrected chi connectivity index (χ2v) is 7.49. The number of carboxylic acids is 1. The summed E-state index contributed by atoms with van der Waals surface area (Å²) >= 11 is 0. The van der Waals surface area contributed by atoms with Crippen molar-refractivity contribution in [2.75, 3.05) is 0 Å². The quantitative estimate of drug-likeness (QED) is 0.382. The van der Waals surface area contributed by atoms with E-state index in [0.29, 0.717) is 39.5 Å². The molecule has 4 aromatic rings. The molecule has 0 aliphatic carbocycles. The van der Waals surface area contributed by atoms with Gasteiger partial charge in [0.05, 0.1) is 29.8 Å². The summed E-state index contributed by atoms with van der Waals surface area (Å²) in [6.07, 6.45) is 4.91. The van der Waals surface area contributed by atoms with E-state index in [1.807, 2.05) is 16.7 Å². The number of carbonyl (C=O) groups is 2. The summed E-state index contributed by atoms with van der Waals surface area (Å²) in [4.78, 5) is 26.8. The average Bonchev–Trinajstić information content (AvgIpc) is 3.47. The van der Waals surface area contributed by atoms with Gasteiger partial charge in [0.2, 0.25) is 5.91 Å². The van der Waals surface area contributed by atoms with Crippen LogP contribution in [0.1, 0.15) is 28.0 Å². The van der Waals surface area contributed by atoms with Crippen molar-refractivity contribution >= 4 is 11.9 Å². The molecule has 168 valence electrons. The molecule has 0 saturated heterocycles. The highest BCUT2D eigenvalue weighted by atomic mass is 19.1. The molecular formula is C24H22FN5O3. The van der Waals surface area contributed by atoms with E-state index in [9.17, 15) is 19.1 Å². The van der Waals surface area contributed by atoms with Crippen LogP contribution in [-0.4, -0.2) is 31.1 Å². The second-order valence-electron chi connectivity index (χ2n) is 7.49. The van der Waals surface area contributed by atoms with E-state index in [2.05, 4.69) is 4.98 Å². The third-order valence-electron chi connectivity index (χ3n) is 5.41. The second kappa shape index (κ2) is 9.09. The summed E-state index contributed by atoms with van der Waals surface area (Å²) < 4.78 is 18.4. The van der Waals surface area contributed by atoms with E-state index in [1.54, 1.807) is 47.3 Å². The molecule has 4 rings (SSSR count). The lowest BCUT2D eigenvalue weighted by Crippen LogP contribution is -2.14. The van der Waals surface area contributed by atoms with Gasteiger partial charge in [0.25, 0.3) is 0 Å². The molecule has 0 aliphatic heterocycles. The molecule has 0 fully saturated rings. The Morgan fingerprint density at radius 3 is 2.48 bits per heavy atom. The summed E-state index contributed by atoms with van der Waals surface area (Å²) in [6, 6.07) is 13.4. The average molecular weight is 447 g/mol. The van der Waals surface area contributed by atoms with E-state index < -0.39 is 17.7 Å². The van der Waals surface area contributed by atoms with Gasteiger partial charge in [0, 0.05) is 35.8 Å². The first-order chi connectivity index (χ1) is 15.9. The van der Waals surface area contributed by atoms with Crippen LogP contribution in [0.25, 0.3) is 22.6 Å². The third-order valence-corrected chi connectivity index (χ3v) is 5.41. The zero-order chi connectivity index (χ0) is 23.5. The number of nitrogens with two attached hydrogens (primary N) is 2. The number of nitrogens with zero attached hydrogens (tertiary/aromatic N) is 3.